The molecule has 0 bridgehead atoms. The van der Waals surface area contributed by atoms with Gasteiger partial charge in [-0.3, -0.25) is 0 Å². The van der Waals surface area contributed by atoms with E-state index in [2.05, 4.69) is 4.98 Å². The lowest BCUT2D eigenvalue weighted by Crippen LogP contribution is -2.21. The first kappa shape index (κ1) is 12.8. The van der Waals surface area contributed by atoms with Crippen LogP contribution in [0.2, 0.25) is 0 Å². The first-order valence-electron chi connectivity index (χ1n) is 6.21. The van der Waals surface area contributed by atoms with Crippen molar-refractivity contribution in [1.29, 1.82) is 0 Å². The molecule has 0 spiro atoms. The summed E-state index contributed by atoms with van der Waals surface area (Å²) in [5.41, 5.74) is 0.656. The summed E-state index contributed by atoms with van der Waals surface area (Å²) in [5.74, 6) is -0.963. The van der Waals surface area contributed by atoms with Gasteiger partial charge in [-0.1, -0.05) is 0 Å². The highest BCUT2D eigenvalue weighted by atomic mass is 35.5. The number of rotatable bonds is 2. The zero-order valence-corrected chi connectivity index (χ0v) is 11.0. The molecule has 3 nitrogen and oxygen atoms in total. The van der Waals surface area contributed by atoms with Gasteiger partial charge in [0.25, 0.3) is 0 Å². The van der Waals surface area contributed by atoms with Gasteiger partial charge < -0.3 is 9.30 Å². The minimum absolute atomic E-state index is 0.0591. The van der Waals surface area contributed by atoms with Gasteiger partial charge in [-0.2, -0.15) is 0 Å². The Bertz CT molecular complexity index is 608. The van der Waals surface area contributed by atoms with Gasteiger partial charge in [-0.15, -0.1) is 11.6 Å². The van der Waals surface area contributed by atoms with E-state index in [1.807, 2.05) is 0 Å². The Balaban J connectivity index is 2.21. The van der Waals surface area contributed by atoms with Gasteiger partial charge in [0, 0.05) is 19.3 Å². The molecule has 3 rings (SSSR count). The fourth-order valence-electron chi connectivity index (χ4n) is 2.60. The van der Waals surface area contributed by atoms with Crippen LogP contribution in [0.4, 0.5) is 8.78 Å². The Morgan fingerprint density at radius 1 is 1.32 bits per heavy atom. The van der Waals surface area contributed by atoms with Gasteiger partial charge in [-0.05, 0) is 25.0 Å². The molecule has 2 aromatic rings. The largest absolute Gasteiger partial charge is 0.381 e. The van der Waals surface area contributed by atoms with Crippen molar-refractivity contribution >= 4 is 22.6 Å². The van der Waals surface area contributed by atoms with E-state index in [4.69, 9.17) is 16.3 Å². The number of fused-ring (bicyclic) bond motifs is 1. The van der Waals surface area contributed by atoms with Crippen LogP contribution in [0.1, 0.15) is 24.7 Å². The number of hydrogen-bond donors (Lipinski definition) is 0. The molecule has 0 atom stereocenters. The average Bonchev–Trinajstić information content (AvgIpc) is 2.83. The fourth-order valence-corrected chi connectivity index (χ4v) is 2.79. The molecule has 19 heavy (non-hydrogen) atoms. The van der Waals surface area contributed by atoms with E-state index in [0.29, 0.717) is 24.6 Å². The van der Waals surface area contributed by atoms with Gasteiger partial charge in [0.15, 0.2) is 11.6 Å². The summed E-state index contributed by atoms with van der Waals surface area (Å²) in [4.78, 5) is 4.29. The average molecular weight is 287 g/mol. The molecule has 1 fully saturated rings. The molecule has 0 N–H and O–H groups in total. The van der Waals surface area contributed by atoms with Crippen LogP contribution >= 0.6 is 11.6 Å². The van der Waals surface area contributed by atoms with E-state index < -0.39 is 11.6 Å². The van der Waals surface area contributed by atoms with Crippen LogP contribution in [0.15, 0.2) is 12.1 Å². The minimum atomic E-state index is -0.859. The van der Waals surface area contributed by atoms with Crippen molar-refractivity contribution in [3.63, 3.8) is 0 Å². The number of aromatic nitrogens is 2. The van der Waals surface area contributed by atoms with Crippen molar-refractivity contribution < 1.29 is 13.5 Å². The second kappa shape index (κ2) is 5.06. The molecule has 0 aliphatic carbocycles. The Labute approximate surface area is 114 Å². The summed E-state index contributed by atoms with van der Waals surface area (Å²) in [6, 6.07) is 2.64. The summed E-state index contributed by atoms with van der Waals surface area (Å²) in [7, 11) is 0. The zero-order valence-electron chi connectivity index (χ0n) is 10.2. The third kappa shape index (κ3) is 2.11. The fraction of sp³-hybridized carbons (Fsp3) is 0.462. The highest BCUT2D eigenvalue weighted by molar-refractivity contribution is 6.16. The smallest absolute Gasteiger partial charge is 0.184 e. The molecule has 1 aromatic heterocycles. The molecular formula is C13H13ClF2N2O. The van der Waals surface area contributed by atoms with Gasteiger partial charge in [0.1, 0.15) is 11.3 Å². The predicted molar refractivity (Wildman–Crippen MR) is 68.3 cm³/mol. The number of alkyl halides is 1. The van der Waals surface area contributed by atoms with E-state index in [0.717, 1.165) is 18.9 Å². The van der Waals surface area contributed by atoms with Gasteiger partial charge >= 0.3 is 0 Å². The first-order valence-corrected chi connectivity index (χ1v) is 6.74. The monoisotopic (exact) mass is 286 g/mol. The number of benzene rings is 1. The van der Waals surface area contributed by atoms with Crippen molar-refractivity contribution in [2.75, 3.05) is 13.2 Å². The quantitative estimate of drug-likeness (QED) is 0.791. The molecule has 102 valence electrons. The van der Waals surface area contributed by atoms with Crippen molar-refractivity contribution in [2.24, 2.45) is 0 Å². The highest BCUT2D eigenvalue weighted by Crippen LogP contribution is 2.30. The maximum atomic E-state index is 14.1. The first-order chi connectivity index (χ1) is 9.22. The number of ether oxygens (including phenoxy) is 1. The van der Waals surface area contributed by atoms with Crippen LogP contribution in [0.3, 0.4) is 0 Å². The van der Waals surface area contributed by atoms with Crippen molar-refractivity contribution in [1.82, 2.24) is 9.55 Å². The number of hydrogen-bond acceptors (Lipinski definition) is 2. The predicted octanol–water partition coefficient (Wildman–Crippen LogP) is 3.40. The molecule has 0 unspecified atom stereocenters. The van der Waals surface area contributed by atoms with E-state index in [9.17, 15) is 8.78 Å². The number of halogens is 3. The molecular weight excluding hydrogens is 274 g/mol. The van der Waals surface area contributed by atoms with E-state index in [-0.39, 0.29) is 17.4 Å². The zero-order chi connectivity index (χ0) is 13.4. The lowest BCUT2D eigenvalue weighted by atomic mass is 10.1. The van der Waals surface area contributed by atoms with Gasteiger partial charge in [-0.25, -0.2) is 13.8 Å². The summed E-state index contributed by atoms with van der Waals surface area (Å²) >= 11 is 5.88. The second-order valence-electron chi connectivity index (χ2n) is 4.60. The van der Waals surface area contributed by atoms with Crippen LogP contribution in [-0.4, -0.2) is 22.8 Å². The third-order valence-corrected chi connectivity index (χ3v) is 3.73. The molecule has 0 saturated carbocycles. The lowest BCUT2D eigenvalue weighted by Gasteiger charge is -2.25. The van der Waals surface area contributed by atoms with Gasteiger partial charge in [0.2, 0.25) is 0 Å². The van der Waals surface area contributed by atoms with Crippen LogP contribution in [0, 0.1) is 11.6 Å². The maximum absolute atomic E-state index is 14.1. The van der Waals surface area contributed by atoms with Gasteiger partial charge in [0.05, 0.1) is 11.4 Å². The molecule has 1 saturated heterocycles. The molecule has 0 amide bonds. The SMILES string of the molecule is Fc1ccc2nc(CCl)n(C3CCOCC3)c2c1F. The standard InChI is InChI=1S/C13H13ClF2N2O/c14-7-11-17-10-2-1-9(15)12(16)13(10)18(11)8-3-5-19-6-4-8/h1-2,8H,3-7H2. The Kier molecular flexibility index (Phi) is 3.41. The molecule has 1 aliphatic heterocycles. The molecule has 6 heteroatoms. The maximum Gasteiger partial charge on any atom is 0.184 e. The molecule has 2 heterocycles. The topological polar surface area (TPSA) is 27.1 Å². The van der Waals surface area contributed by atoms with E-state index in [1.54, 1.807) is 4.57 Å². The van der Waals surface area contributed by atoms with Crippen LogP contribution in [-0.2, 0) is 10.6 Å². The molecule has 1 aromatic carbocycles. The Morgan fingerprint density at radius 2 is 2.05 bits per heavy atom. The van der Waals surface area contributed by atoms with Crippen LogP contribution < -0.4 is 0 Å². The summed E-state index contributed by atoms with van der Waals surface area (Å²) in [6.45, 7) is 1.23. The van der Waals surface area contributed by atoms with Crippen molar-refractivity contribution in [3.8, 4) is 0 Å². The summed E-state index contributed by atoms with van der Waals surface area (Å²) < 4.78 is 34.5. The highest BCUT2D eigenvalue weighted by Gasteiger charge is 2.24. The second-order valence-corrected chi connectivity index (χ2v) is 4.87. The lowest BCUT2D eigenvalue weighted by molar-refractivity contribution is 0.0699. The van der Waals surface area contributed by atoms with Crippen LogP contribution in [0.25, 0.3) is 11.0 Å². The normalized spacial score (nSPS) is 17.2. The molecule has 0 radical (unpaired) electrons. The van der Waals surface area contributed by atoms with Crippen molar-refractivity contribution in [2.45, 2.75) is 24.8 Å². The van der Waals surface area contributed by atoms with E-state index in [1.165, 1.54) is 6.07 Å². The minimum Gasteiger partial charge on any atom is -0.381 e. The Morgan fingerprint density at radius 3 is 2.74 bits per heavy atom. The summed E-state index contributed by atoms with van der Waals surface area (Å²) in [5, 5.41) is 0. The van der Waals surface area contributed by atoms with Crippen molar-refractivity contribution in [3.05, 3.63) is 29.6 Å². The summed E-state index contributed by atoms with van der Waals surface area (Å²) in [6.07, 6.45) is 1.51. The van der Waals surface area contributed by atoms with E-state index >= 15 is 0 Å². The Hall–Kier alpha value is -1.20. The number of imidazole rings is 1. The van der Waals surface area contributed by atoms with Crippen LogP contribution in [0.5, 0.6) is 0 Å². The number of nitrogens with zero attached hydrogens (tertiary/aromatic N) is 2. The third-order valence-electron chi connectivity index (χ3n) is 3.49. The molecule has 1 aliphatic rings.